The number of halogens is 1. The summed E-state index contributed by atoms with van der Waals surface area (Å²) in [6.45, 7) is 2.27. The van der Waals surface area contributed by atoms with E-state index in [0.29, 0.717) is 29.2 Å². The van der Waals surface area contributed by atoms with Crippen molar-refractivity contribution in [1.29, 1.82) is 0 Å². The molecule has 0 bridgehead atoms. The fraction of sp³-hybridized carbons (Fsp3) is 0.429. The molecule has 1 atom stereocenters. The van der Waals surface area contributed by atoms with Gasteiger partial charge in [-0.1, -0.05) is 18.5 Å². The minimum atomic E-state index is -0.207. The molecule has 6 heteroatoms. The summed E-state index contributed by atoms with van der Waals surface area (Å²) in [5.41, 5.74) is 6.34. The molecular weight excluding hydrogens is 278 g/mol. The van der Waals surface area contributed by atoms with Crippen molar-refractivity contribution in [3.63, 3.8) is 0 Å². The Balaban J connectivity index is 2.90. The SMILES string of the molecule is CC(CCN)C(=O)Nc1ccc(Cl)c(C(=O)N(C)C)c1. The number of nitrogens with one attached hydrogen (secondary N) is 1. The van der Waals surface area contributed by atoms with E-state index < -0.39 is 0 Å². The number of nitrogens with two attached hydrogens (primary N) is 1. The molecule has 3 N–H and O–H groups in total. The van der Waals surface area contributed by atoms with Crippen molar-refractivity contribution < 1.29 is 9.59 Å². The Labute approximate surface area is 124 Å². The van der Waals surface area contributed by atoms with Gasteiger partial charge in [0.2, 0.25) is 5.91 Å². The Morgan fingerprint density at radius 3 is 2.60 bits per heavy atom. The molecule has 5 nitrogen and oxygen atoms in total. The van der Waals surface area contributed by atoms with Crippen molar-refractivity contribution in [1.82, 2.24) is 4.90 Å². The van der Waals surface area contributed by atoms with Crippen molar-refractivity contribution in [2.45, 2.75) is 13.3 Å². The van der Waals surface area contributed by atoms with E-state index in [4.69, 9.17) is 17.3 Å². The average molecular weight is 298 g/mol. The van der Waals surface area contributed by atoms with Gasteiger partial charge < -0.3 is 16.0 Å². The van der Waals surface area contributed by atoms with Crippen LogP contribution in [0.3, 0.4) is 0 Å². The molecule has 110 valence electrons. The van der Waals surface area contributed by atoms with Crippen molar-refractivity contribution in [3.05, 3.63) is 28.8 Å². The van der Waals surface area contributed by atoms with Crippen LogP contribution >= 0.6 is 11.6 Å². The molecule has 0 aromatic heterocycles. The van der Waals surface area contributed by atoms with Gasteiger partial charge in [0.1, 0.15) is 0 Å². The summed E-state index contributed by atoms with van der Waals surface area (Å²) in [5.74, 6) is -0.509. The van der Waals surface area contributed by atoms with Gasteiger partial charge in [-0.05, 0) is 31.2 Å². The molecule has 2 amide bonds. The summed E-state index contributed by atoms with van der Waals surface area (Å²) >= 11 is 6.01. The maximum absolute atomic E-state index is 12.0. The molecule has 0 aliphatic heterocycles. The first-order valence-electron chi connectivity index (χ1n) is 6.39. The first kappa shape index (κ1) is 16.5. The summed E-state index contributed by atoms with van der Waals surface area (Å²) < 4.78 is 0. The highest BCUT2D eigenvalue weighted by molar-refractivity contribution is 6.34. The number of amides is 2. The molecule has 0 saturated carbocycles. The van der Waals surface area contributed by atoms with Gasteiger partial charge in [-0.25, -0.2) is 0 Å². The molecule has 0 heterocycles. The number of anilines is 1. The second-order valence-corrected chi connectivity index (χ2v) is 5.27. The Morgan fingerprint density at radius 2 is 2.05 bits per heavy atom. The minimum Gasteiger partial charge on any atom is -0.345 e. The van der Waals surface area contributed by atoms with Gasteiger partial charge in [-0.15, -0.1) is 0 Å². The van der Waals surface area contributed by atoms with E-state index in [1.807, 2.05) is 6.92 Å². The largest absolute Gasteiger partial charge is 0.345 e. The van der Waals surface area contributed by atoms with E-state index >= 15 is 0 Å². The van der Waals surface area contributed by atoms with Gasteiger partial charge in [-0.2, -0.15) is 0 Å². The lowest BCUT2D eigenvalue weighted by Crippen LogP contribution is -2.24. The van der Waals surface area contributed by atoms with Gasteiger partial charge in [-0.3, -0.25) is 9.59 Å². The van der Waals surface area contributed by atoms with Crippen LogP contribution in [0, 0.1) is 5.92 Å². The number of hydrogen-bond acceptors (Lipinski definition) is 3. The number of carbonyl (C=O) groups excluding carboxylic acids is 2. The Kier molecular flexibility index (Phi) is 5.98. The van der Waals surface area contributed by atoms with E-state index in [1.54, 1.807) is 32.3 Å². The van der Waals surface area contributed by atoms with Gasteiger partial charge in [0.05, 0.1) is 10.6 Å². The van der Waals surface area contributed by atoms with Gasteiger partial charge in [0, 0.05) is 25.7 Å². The molecule has 0 radical (unpaired) electrons. The van der Waals surface area contributed by atoms with Crippen molar-refractivity contribution in [3.8, 4) is 0 Å². The summed E-state index contributed by atoms with van der Waals surface area (Å²) in [5, 5.41) is 3.12. The van der Waals surface area contributed by atoms with Crippen LogP contribution in [-0.2, 0) is 4.79 Å². The third kappa shape index (κ3) is 4.21. The highest BCUT2D eigenvalue weighted by Crippen LogP contribution is 2.22. The average Bonchev–Trinajstić information content (AvgIpc) is 2.40. The fourth-order valence-corrected chi connectivity index (χ4v) is 1.85. The molecule has 0 spiro atoms. The minimum absolute atomic E-state index is 0.124. The Bertz CT molecular complexity index is 503. The van der Waals surface area contributed by atoms with Crippen LogP contribution in [0.4, 0.5) is 5.69 Å². The van der Waals surface area contributed by atoms with Crippen LogP contribution in [0.5, 0.6) is 0 Å². The lowest BCUT2D eigenvalue weighted by Gasteiger charge is -2.14. The molecule has 1 unspecified atom stereocenters. The van der Waals surface area contributed by atoms with Crippen LogP contribution < -0.4 is 11.1 Å². The van der Waals surface area contributed by atoms with Crippen LogP contribution in [-0.4, -0.2) is 37.4 Å². The second kappa shape index (κ2) is 7.26. The number of nitrogens with zero attached hydrogens (tertiary/aromatic N) is 1. The molecule has 0 aliphatic rings. The lowest BCUT2D eigenvalue weighted by atomic mass is 10.1. The number of benzene rings is 1. The predicted octanol–water partition coefficient (Wildman–Crippen LogP) is 1.97. The smallest absolute Gasteiger partial charge is 0.254 e. The lowest BCUT2D eigenvalue weighted by molar-refractivity contribution is -0.119. The molecule has 1 aromatic carbocycles. The standard InChI is InChI=1S/C14H20ClN3O2/c1-9(6-7-16)13(19)17-10-4-5-12(15)11(8-10)14(20)18(2)3/h4-5,8-9H,6-7,16H2,1-3H3,(H,17,19). The quantitative estimate of drug-likeness (QED) is 0.872. The third-order valence-electron chi connectivity index (χ3n) is 2.92. The molecular formula is C14H20ClN3O2. The molecule has 0 fully saturated rings. The first-order chi connectivity index (χ1) is 9.36. The number of rotatable bonds is 5. The zero-order valence-corrected chi connectivity index (χ0v) is 12.7. The Morgan fingerprint density at radius 1 is 1.40 bits per heavy atom. The zero-order chi connectivity index (χ0) is 15.3. The second-order valence-electron chi connectivity index (χ2n) is 4.86. The van der Waals surface area contributed by atoms with Gasteiger partial charge in [0.25, 0.3) is 5.91 Å². The molecule has 0 saturated heterocycles. The van der Waals surface area contributed by atoms with E-state index in [2.05, 4.69) is 5.32 Å². The maximum atomic E-state index is 12.0. The summed E-state index contributed by atoms with van der Waals surface area (Å²) in [4.78, 5) is 25.3. The van der Waals surface area contributed by atoms with E-state index in [1.165, 1.54) is 4.90 Å². The van der Waals surface area contributed by atoms with E-state index in [9.17, 15) is 9.59 Å². The van der Waals surface area contributed by atoms with Crippen LogP contribution in [0.1, 0.15) is 23.7 Å². The summed E-state index contributed by atoms with van der Waals surface area (Å²) in [6.07, 6.45) is 0.614. The monoisotopic (exact) mass is 297 g/mol. The van der Waals surface area contributed by atoms with E-state index in [-0.39, 0.29) is 17.7 Å². The van der Waals surface area contributed by atoms with Crippen molar-refractivity contribution >= 4 is 29.1 Å². The highest BCUT2D eigenvalue weighted by atomic mass is 35.5. The maximum Gasteiger partial charge on any atom is 0.254 e. The highest BCUT2D eigenvalue weighted by Gasteiger charge is 2.16. The van der Waals surface area contributed by atoms with Crippen molar-refractivity contribution in [2.24, 2.45) is 11.7 Å². The zero-order valence-electron chi connectivity index (χ0n) is 11.9. The molecule has 1 aromatic rings. The Hall–Kier alpha value is -1.59. The predicted molar refractivity (Wildman–Crippen MR) is 80.9 cm³/mol. The molecule has 1 rings (SSSR count). The first-order valence-corrected chi connectivity index (χ1v) is 6.76. The van der Waals surface area contributed by atoms with E-state index in [0.717, 1.165) is 0 Å². The number of carbonyl (C=O) groups is 2. The normalized spacial score (nSPS) is 11.8. The van der Waals surface area contributed by atoms with Gasteiger partial charge in [0.15, 0.2) is 0 Å². The van der Waals surface area contributed by atoms with Crippen LogP contribution in [0.15, 0.2) is 18.2 Å². The van der Waals surface area contributed by atoms with Gasteiger partial charge >= 0.3 is 0 Å². The van der Waals surface area contributed by atoms with Crippen molar-refractivity contribution in [2.75, 3.05) is 26.0 Å². The summed E-state index contributed by atoms with van der Waals surface area (Å²) in [6, 6.07) is 4.85. The summed E-state index contributed by atoms with van der Waals surface area (Å²) in [7, 11) is 3.29. The molecule has 20 heavy (non-hydrogen) atoms. The molecule has 0 aliphatic carbocycles. The van der Waals surface area contributed by atoms with Crippen LogP contribution in [0.25, 0.3) is 0 Å². The topological polar surface area (TPSA) is 75.4 Å². The third-order valence-corrected chi connectivity index (χ3v) is 3.25. The number of hydrogen-bond donors (Lipinski definition) is 2. The van der Waals surface area contributed by atoms with Crippen LogP contribution in [0.2, 0.25) is 5.02 Å². The fourth-order valence-electron chi connectivity index (χ4n) is 1.65.